The van der Waals surface area contributed by atoms with Gasteiger partial charge in [0.15, 0.2) is 0 Å². The SMILES string of the molecule is CC.CC(C)(C)c1ccc(C(C)(C)C)nc1. The number of hydrogen-bond acceptors (Lipinski definition) is 1. The van der Waals surface area contributed by atoms with Gasteiger partial charge < -0.3 is 0 Å². The molecule has 1 nitrogen and oxygen atoms in total. The molecule has 0 radical (unpaired) electrons. The molecule has 0 amide bonds. The fourth-order valence-electron chi connectivity index (χ4n) is 1.28. The smallest absolute Gasteiger partial charge is 0.0457 e. The molecular formula is C15H27N. The van der Waals surface area contributed by atoms with Gasteiger partial charge in [0.25, 0.3) is 0 Å². The molecule has 92 valence electrons. The number of rotatable bonds is 0. The van der Waals surface area contributed by atoms with Crippen LogP contribution in [0.1, 0.15) is 66.6 Å². The molecule has 1 aromatic rings. The molecule has 0 fully saturated rings. The minimum Gasteiger partial charge on any atom is -0.260 e. The van der Waals surface area contributed by atoms with E-state index in [1.54, 1.807) is 0 Å². The first-order valence-electron chi connectivity index (χ1n) is 6.18. The predicted octanol–water partition coefficient (Wildman–Crippen LogP) is 4.70. The van der Waals surface area contributed by atoms with Gasteiger partial charge in [0.1, 0.15) is 0 Å². The van der Waals surface area contributed by atoms with Crippen LogP contribution < -0.4 is 0 Å². The van der Waals surface area contributed by atoms with Gasteiger partial charge in [-0.05, 0) is 17.0 Å². The highest BCUT2D eigenvalue weighted by Crippen LogP contribution is 2.24. The molecule has 0 aliphatic heterocycles. The molecule has 0 aromatic carbocycles. The van der Waals surface area contributed by atoms with Crippen LogP contribution in [0.4, 0.5) is 0 Å². The van der Waals surface area contributed by atoms with Crippen LogP contribution in [0.3, 0.4) is 0 Å². The van der Waals surface area contributed by atoms with Gasteiger partial charge in [-0.3, -0.25) is 4.98 Å². The van der Waals surface area contributed by atoms with Gasteiger partial charge in [-0.15, -0.1) is 0 Å². The van der Waals surface area contributed by atoms with E-state index in [2.05, 4.69) is 58.7 Å². The molecule has 0 aliphatic rings. The molecule has 0 spiro atoms. The Balaban J connectivity index is 0.00000106. The van der Waals surface area contributed by atoms with Crippen molar-refractivity contribution < 1.29 is 0 Å². The van der Waals surface area contributed by atoms with Crippen LogP contribution >= 0.6 is 0 Å². The Morgan fingerprint density at radius 2 is 1.31 bits per heavy atom. The van der Waals surface area contributed by atoms with E-state index in [-0.39, 0.29) is 10.8 Å². The summed E-state index contributed by atoms with van der Waals surface area (Å²) in [4.78, 5) is 4.52. The van der Waals surface area contributed by atoms with Gasteiger partial charge in [0, 0.05) is 17.3 Å². The third-order valence-corrected chi connectivity index (χ3v) is 2.40. The van der Waals surface area contributed by atoms with Crippen LogP contribution in [0, 0.1) is 0 Å². The Morgan fingerprint density at radius 3 is 1.56 bits per heavy atom. The van der Waals surface area contributed by atoms with E-state index in [1.165, 1.54) is 5.56 Å². The average Bonchev–Trinajstić information content (AvgIpc) is 2.18. The molecule has 0 bridgehead atoms. The van der Waals surface area contributed by atoms with E-state index in [4.69, 9.17) is 0 Å². The molecule has 16 heavy (non-hydrogen) atoms. The highest BCUT2D eigenvalue weighted by molar-refractivity contribution is 5.23. The van der Waals surface area contributed by atoms with Crippen molar-refractivity contribution in [1.29, 1.82) is 0 Å². The quantitative estimate of drug-likeness (QED) is 0.618. The molecule has 0 unspecified atom stereocenters. The van der Waals surface area contributed by atoms with Crippen molar-refractivity contribution >= 4 is 0 Å². The number of pyridine rings is 1. The van der Waals surface area contributed by atoms with Gasteiger partial charge in [0.05, 0.1) is 0 Å². The van der Waals surface area contributed by atoms with E-state index >= 15 is 0 Å². The average molecular weight is 221 g/mol. The third kappa shape index (κ3) is 4.34. The van der Waals surface area contributed by atoms with Crippen LogP contribution in [0.25, 0.3) is 0 Å². The molecule has 0 N–H and O–H groups in total. The van der Waals surface area contributed by atoms with Crippen LogP contribution in [-0.4, -0.2) is 4.98 Å². The van der Waals surface area contributed by atoms with E-state index in [0.717, 1.165) is 5.69 Å². The summed E-state index contributed by atoms with van der Waals surface area (Å²) in [6.45, 7) is 17.2. The Labute approximate surface area is 101 Å². The molecular weight excluding hydrogens is 194 g/mol. The predicted molar refractivity (Wildman–Crippen MR) is 73.0 cm³/mol. The second-order valence-electron chi connectivity index (χ2n) is 5.93. The molecule has 0 saturated carbocycles. The van der Waals surface area contributed by atoms with Gasteiger partial charge in [-0.2, -0.15) is 0 Å². The fourth-order valence-corrected chi connectivity index (χ4v) is 1.28. The maximum Gasteiger partial charge on any atom is 0.0457 e. The standard InChI is InChI=1S/C13H21N.C2H6/c1-12(2,3)10-7-8-11(14-9-10)13(4,5)6;1-2/h7-9H,1-6H3;1-2H3. The summed E-state index contributed by atoms with van der Waals surface area (Å²) in [5, 5.41) is 0. The normalized spacial score (nSPS) is 11.8. The van der Waals surface area contributed by atoms with Gasteiger partial charge in [-0.1, -0.05) is 61.5 Å². The monoisotopic (exact) mass is 221 g/mol. The maximum atomic E-state index is 4.52. The van der Waals surface area contributed by atoms with Crippen molar-refractivity contribution in [3.05, 3.63) is 29.6 Å². The van der Waals surface area contributed by atoms with Crippen LogP contribution in [0.5, 0.6) is 0 Å². The molecule has 1 heteroatoms. The highest BCUT2D eigenvalue weighted by Gasteiger charge is 2.18. The van der Waals surface area contributed by atoms with Gasteiger partial charge in [-0.25, -0.2) is 0 Å². The summed E-state index contributed by atoms with van der Waals surface area (Å²) in [6.07, 6.45) is 2.00. The van der Waals surface area contributed by atoms with Crippen molar-refractivity contribution in [2.45, 2.75) is 66.2 Å². The van der Waals surface area contributed by atoms with E-state index in [9.17, 15) is 0 Å². The van der Waals surface area contributed by atoms with E-state index in [0.29, 0.717) is 0 Å². The summed E-state index contributed by atoms with van der Waals surface area (Å²) >= 11 is 0. The summed E-state index contributed by atoms with van der Waals surface area (Å²) < 4.78 is 0. The second-order valence-corrected chi connectivity index (χ2v) is 5.93. The zero-order chi connectivity index (χ0) is 13.0. The van der Waals surface area contributed by atoms with Crippen LogP contribution in [0.15, 0.2) is 18.3 Å². The molecule has 0 saturated heterocycles. The van der Waals surface area contributed by atoms with Crippen molar-refractivity contribution in [3.63, 3.8) is 0 Å². The molecule has 0 aliphatic carbocycles. The van der Waals surface area contributed by atoms with Crippen LogP contribution in [-0.2, 0) is 10.8 Å². The lowest BCUT2D eigenvalue weighted by atomic mass is 9.86. The summed E-state index contributed by atoms with van der Waals surface area (Å²) in [6, 6.07) is 4.33. The topological polar surface area (TPSA) is 12.9 Å². The van der Waals surface area contributed by atoms with E-state index in [1.807, 2.05) is 20.0 Å². The van der Waals surface area contributed by atoms with Crippen LogP contribution in [0.2, 0.25) is 0 Å². The molecule has 1 heterocycles. The van der Waals surface area contributed by atoms with Gasteiger partial charge in [0.2, 0.25) is 0 Å². The Morgan fingerprint density at radius 1 is 0.812 bits per heavy atom. The first-order valence-corrected chi connectivity index (χ1v) is 6.18. The first-order chi connectivity index (χ1) is 7.21. The minimum absolute atomic E-state index is 0.149. The summed E-state index contributed by atoms with van der Waals surface area (Å²) in [5.74, 6) is 0. The molecule has 1 rings (SSSR count). The zero-order valence-electron chi connectivity index (χ0n) is 12.2. The van der Waals surface area contributed by atoms with Crippen molar-refractivity contribution in [2.75, 3.05) is 0 Å². The van der Waals surface area contributed by atoms with Crippen molar-refractivity contribution in [1.82, 2.24) is 4.98 Å². The number of hydrogen-bond donors (Lipinski definition) is 0. The minimum atomic E-state index is 0.149. The maximum absolute atomic E-state index is 4.52. The lowest BCUT2D eigenvalue weighted by Gasteiger charge is -2.22. The second kappa shape index (κ2) is 5.47. The summed E-state index contributed by atoms with van der Waals surface area (Å²) in [7, 11) is 0. The fraction of sp³-hybridized carbons (Fsp3) is 0.667. The number of aromatic nitrogens is 1. The third-order valence-electron chi connectivity index (χ3n) is 2.40. The molecule has 1 aromatic heterocycles. The largest absolute Gasteiger partial charge is 0.260 e. The number of nitrogens with zero attached hydrogens (tertiary/aromatic N) is 1. The Bertz CT molecular complexity index is 263. The highest BCUT2D eigenvalue weighted by atomic mass is 14.7. The van der Waals surface area contributed by atoms with Crippen molar-refractivity contribution in [3.8, 4) is 0 Å². The van der Waals surface area contributed by atoms with Gasteiger partial charge >= 0.3 is 0 Å². The molecule has 0 atom stereocenters. The lowest BCUT2D eigenvalue weighted by molar-refractivity contribution is 0.556. The van der Waals surface area contributed by atoms with E-state index < -0.39 is 0 Å². The Kier molecular flexibility index (Phi) is 5.18. The summed E-state index contributed by atoms with van der Waals surface area (Å²) in [5.41, 5.74) is 2.80. The zero-order valence-corrected chi connectivity index (χ0v) is 12.2. The van der Waals surface area contributed by atoms with Crippen molar-refractivity contribution in [2.24, 2.45) is 0 Å². The Hall–Kier alpha value is -0.850. The lowest BCUT2D eigenvalue weighted by Crippen LogP contribution is -2.16. The first kappa shape index (κ1) is 15.2.